The topological polar surface area (TPSA) is 63.3 Å². The lowest BCUT2D eigenvalue weighted by Gasteiger charge is -2.49. The molecule has 4 atom stereocenters. The van der Waals surface area contributed by atoms with E-state index in [1.165, 1.54) is 23.5 Å². The van der Waals surface area contributed by atoms with Crippen molar-refractivity contribution in [3.8, 4) is 11.5 Å². The van der Waals surface area contributed by atoms with Crippen molar-refractivity contribution in [3.05, 3.63) is 52.5 Å². The van der Waals surface area contributed by atoms with Gasteiger partial charge in [0, 0.05) is 37.8 Å². The molecule has 1 unspecified atom stereocenters. The summed E-state index contributed by atoms with van der Waals surface area (Å²) in [6.07, 6.45) is 4.02. The van der Waals surface area contributed by atoms with Crippen molar-refractivity contribution in [1.82, 2.24) is 20.0 Å². The van der Waals surface area contributed by atoms with Crippen molar-refractivity contribution in [2.45, 2.75) is 24.8 Å². The van der Waals surface area contributed by atoms with Crippen molar-refractivity contribution in [2.24, 2.45) is 13.0 Å². The summed E-state index contributed by atoms with van der Waals surface area (Å²) in [6.45, 7) is 2.87. The van der Waals surface area contributed by atoms with Gasteiger partial charge in [-0.2, -0.15) is 5.10 Å². The van der Waals surface area contributed by atoms with Crippen LogP contribution in [0.25, 0.3) is 11.5 Å². The van der Waals surface area contributed by atoms with Gasteiger partial charge < -0.3 is 9.73 Å². The summed E-state index contributed by atoms with van der Waals surface area (Å²) in [6, 6.07) is 10.3. The van der Waals surface area contributed by atoms with Gasteiger partial charge in [0.1, 0.15) is 5.69 Å². The summed E-state index contributed by atoms with van der Waals surface area (Å²) in [5, 5.41) is 9.74. The number of nitrogens with zero attached hydrogens (tertiary/aromatic N) is 3. The number of hydrogen-bond donors (Lipinski definition) is 1. The van der Waals surface area contributed by atoms with Gasteiger partial charge in [-0.05, 0) is 54.9 Å². The second-order valence-electron chi connectivity index (χ2n) is 7.78. The Labute approximate surface area is 168 Å². The highest BCUT2D eigenvalue weighted by Gasteiger charge is 2.41. The summed E-state index contributed by atoms with van der Waals surface area (Å²) in [5.41, 5.74) is 2.18. The fourth-order valence-corrected chi connectivity index (χ4v) is 5.40. The summed E-state index contributed by atoms with van der Waals surface area (Å²) < 4.78 is 7.53. The molecular formula is C21H24N4O2S. The van der Waals surface area contributed by atoms with E-state index in [0.717, 1.165) is 42.4 Å². The number of carbonyl (C=O) groups is 1. The standard InChI is InChI=1S/C21H24N4O2S/c1-24-18(11-17(23-24)19-4-2-8-27-19)16-13-25-7-6-14(16)10-15(25)12-22-21(26)20-5-3-9-28-20/h2-5,8-9,11,14-16H,6-7,10,12-13H2,1H3,(H,22,26)/t14-,15+,16-/m0/s1. The van der Waals surface area contributed by atoms with Gasteiger partial charge in [0.15, 0.2) is 5.76 Å². The molecule has 28 heavy (non-hydrogen) atoms. The van der Waals surface area contributed by atoms with Crippen LogP contribution < -0.4 is 5.32 Å². The highest BCUT2D eigenvalue weighted by molar-refractivity contribution is 7.12. The lowest BCUT2D eigenvalue weighted by atomic mass is 9.74. The second kappa shape index (κ2) is 7.22. The quantitative estimate of drug-likeness (QED) is 0.718. The van der Waals surface area contributed by atoms with E-state index in [4.69, 9.17) is 4.42 Å². The number of hydrogen-bond acceptors (Lipinski definition) is 5. The van der Waals surface area contributed by atoms with Gasteiger partial charge in [-0.1, -0.05) is 6.07 Å². The SMILES string of the molecule is Cn1nc(-c2ccco2)cc1[C@H]1CN2CC[C@H]1C[C@@H]2CNC(=O)c1cccs1. The highest BCUT2D eigenvalue weighted by Crippen LogP contribution is 2.42. The molecule has 3 aliphatic rings. The van der Waals surface area contributed by atoms with Crippen molar-refractivity contribution in [3.63, 3.8) is 0 Å². The van der Waals surface area contributed by atoms with Crippen LogP contribution in [0.15, 0.2) is 46.4 Å². The maximum atomic E-state index is 12.3. The third kappa shape index (κ3) is 3.18. The molecule has 0 spiro atoms. The minimum Gasteiger partial charge on any atom is -0.463 e. The molecule has 3 fully saturated rings. The third-order valence-corrected chi connectivity index (χ3v) is 7.06. The first-order chi connectivity index (χ1) is 13.7. The van der Waals surface area contributed by atoms with E-state index >= 15 is 0 Å². The smallest absolute Gasteiger partial charge is 0.261 e. The second-order valence-corrected chi connectivity index (χ2v) is 8.73. The fourth-order valence-electron chi connectivity index (χ4n) is 4.76. The average molecular weight is 397 g/mol. The minimum atomic E-state index is 0.0453. The molecule has 1 N–H and O–H groups in total. The van der Waals surface area contributed by atoms with Crippen molar-refractivity contribution >= 4 is 17.2 Å². The first-order valence-electron chi connectivity index (χ1n) is 9.82. The number of furan rings is 1. The van der Waals surface area contributed by atoms with E-state index in [1.54, 1.807) is 6.26 Å². The van der Waals surface area contributed by atoms with Crippen molar-refractivity contribution in [2.75, 3.05) is 19.6 Å². The molecule has 6 nitrogen and oxygen atoms in total. The van der Waals surface area contributed by atoms with Crippen molar-refractivity contribution < 1.29 is 9.21 Å². The van der Waals surface area contributed by atoms with Gasteiger partial charge in [0.05, 0.1) is 11.1 Å². The van der Waals surface area contributed by atoms with Crippen molar-refractivity contribution in [1.29, 1.82) is 0 Å². The zero-order valence-corrected chi connectivity index (χ0v) is 16.7. The van der Waals surface area contributed by atoms with E-state index in [2.05, 4.69) is 21.4 Å². The summed E-state index contributed by atoms with van der Waals surface area (Å²) in [4.78, 5) is 15.6. The van der Waals surface area contributed by atoms with Crippen LogP contribution in [0.5, 0.6) is 0 Å². The highest BCUT2D eigenvalue weighted by atomic mass is 32.1. The average Bonchev–Trinajstić information content (AvgIpc) is 3.47. The largest absolute Gasteiger partial charge is 0.463 e. The van der Waals surface area contributed by atoms with E-state index in [-0.39, 0.29) is 5.91 Å². The molecular weight excluding hydrogens is 372 g/mol. The molecule has 0 saturated carbocycles. The molecule has 0 aliphatic carbocycles. The first-order valence-corrected chi connectivity index (χ1v) is 10.7. The number of nitrogens with one attached hydrogen (secondary N) is 1. The maximum absolute atomic E-state index is 12.3. The number of piperidine rings is 3. The number of rotatable bonds is 5. The van der Waals surface area contributed by atoms with Crippen LogP contribution in [0.3, 0.4) is 0 Å². The van der Waals surface area contributed by atoms with Crippen LogP contribution in [0.1, 0.15) is 34.1 Å². The zero-order chi connectivity index (χ0) is 19.1. The molecule has 1 amide bonds. The minimum absolute atomic E-state index is 0.0453. The number of amides is 1. The van der Waals surface area contributed by atoms with E-state index in [1.807, 2.05) is 41.4 Å². The molecule has 2 bridgehead atoms. The van der Waals surface area contributed by atoms with Gasteiger partial charge in [0.2, 0.25) is 0 Å². The first kappa shape index (κ1) is 17.7. The molecule has 0 radical (unpaired) electrons. The Morgan fingerprint density at radius 1 is 1.39 bits per heavy atom. The Morgan fingerprint density at radius 3 is 3.04 bits per heavy atom. The van der Waals surface area contributed by atoms with Gasteiger partial charge >= 0.3 is 0 Å². The predicted octanol–water partition coefficient (Wildman–Crippen LogP) is 3.35. The molecule has 3 aromatic rings. The number of aromatic nitrogens is 2. The molecule has 3 saturated heterocycles. The number of thiophene rings is 1. The van der Waals surface area contributed by atoms with Crippen LogP contribution in [-0.2, 0) is 7.05 Å². The molecule has 146 valence electrons. The Hall–Kier alpha value is -2.38. The number of fused-ring (bicyclic) bond motifs is 3. The Kier molecular flexibility index (Phi) is 4.56. The van der Waals surface area contributed by atoms with Gasteiger partial charge in [-0.3, -0.25) is 14.4 Å². The molecule has 3 aromatic heterocycles. The normalized spacial score (nSPS) is 26.5. The molecule has 6 rings (SSSR count). The number of carbonyl (C=O) groups excluding carboxylic acids is 1. The summed E-state index contributed by atoms with van der Waals surface area (Å²) in [5.74, 6) is 1.98. The monoisotopic (exact) mass is 396 g/mol. The Bertz CT molecular complexity index is 947. The van der Waals surface area contributed by atoms with Crippen LogP contribution in [0.4, 0.5) is 0 Å². The predicted molar refractivity (Wildman–Crippen MR) is 108 cm³/mol. The van der Waals surface area contributed by atoms with E-state index < -0.39 is 0 Å². The van der Waals surface area contributed by atoms with Crippen LogP contribution in [0.2, 0.25) is 0 Å². The summed E-state index contributed by atoms with van der Waals surface area (Å²) in [7, 11) is 2.03. The third-order valence-electron chi connectivity index (χ3n) is 6.19. The van der Waals surface area contributed by atoms with Gasteiger partial charge in [-0.25, -0.2) is 0 Å². The fraction of sp³-hybridized carbons (Fsp3) is 0.429. The molecule has 7 heteroatoms. The van der Waals surface area contributed by atoms with Crippen LogP contribution >= 0.6 is 11.3 Å². The van der Waals surface area contributed by atoms with E-state index in [0.29, 0.717) is 17.9 Å². The lowest BCUT2D eigenvalue weighted by Crippen LogP contribution is -2.56. The molecule has 6 heterocycles. The van der Waals surface area contributed by atoms with Gasteiger partial charge in [0.25, 0.3) is 5.91 Å². The summed E-state index contributed by atoms with van der Waals surface area (Å²) >= 11 is 1.49. The Balaban J connectivity index is 1.27. The van der Waals surface area contributed by atoms with Crippen LogP contribution in [0, 0.1) is 5.92 Å². The zero-order valence-electron chi connectivity index (χ0n) is 15.9. The van der Waals surface area contributed by atoms with Crippen LogP contribution in [-0.4, -0.2) is 46.3 Å². The lowest BCUT2D eigenvalue weighted by molar-refractivity contribution is 0.0280. The number of aryl methyl sites for hydroxylation is 1. The van der Waals surface area contributed by atoms with E-state index in [9.17, 15) is 4.79 Å². The molecule has 0 aromatic carbocycles. The maximum Gasteiger partial charge on any atom is 0.261 e. The molecule has 3 aliphatic heterocycles. The van der Waals surface area contributed by atoms with Gasteiger partial charge in [-0.15, -0.1) is 11.3 Å². The Morgan fingerprint density at radius 2 is 2.32 bits per heavy atom.